The van der Waals surface area contributed by atoms with E-state index in [0.29, 0.717) is 10.8 Å². The summed E-state index contributed by atoms with van der Waals surface area (Å²) in [6.45, 7) is 2.36. The Balaban J connectivity index is 1.97. The average Bonchev–Trinajstić information content (AvgIpc) is 3.00. The molecule has 1 heterocycles. The summed E-state index contributed by atoms with van der Waals surface area (Å²) in [6, 6.07) is 13.3. The van der Waals surface area contributed by atoms with Crippen molar-refractivity contribution in [2.24, 2.45) is 0 Å². The second kappa shape index (κ2) is 6.39. The quantitative estimate of drug-likeness (QED) is 0.892. The van der Waals surface area contributed by atoms with Crippen LogP contribution in [0.15, 0.2) is 52.1 Å². The zero-order valence-electron chi connectivity index (χ0n) is 11.5. The van der Waals surface area contributed by atoms with Gasteiger partial charge in [0.05, 0.1) is 0 Å². The number of thiophene rings is 1. The van der Waals surface area contributed by atoms with Crippen LogP contribution in [0, 0.1) is 0 Å². The van der Waals surface area contributed by atoms with Crippen molar-refractivity contribution in [2.75, 3.05) is 18.5 Å². The zero-order valence-corrected chi connectivity index (χ0v) is 13.1. The Labute approximate surface area is 124 Å². The Bertz CT molecular complexity index is 624. The fourth-order valence-electron chi connectivity index (χ4n) is 1.77. The number of hydrogen-bond donors (Lipinski definition) is 1. The van der Waals surface area contributed by atoms with Crippen LogP contribution in [0.3, 0.4) is 0 Å². The number of sulfonamides is 1. The van der Waals surface area contributed by atoms with Gasteiger partial charge in [0.25, 0.3) is 0 Å². The van der Waals surface area contributed by atoms with Gasteiger partial charge in [-0.15, -0.1) is 11.3 Å². The van der Waals surface area contributed by atoms with E-state index in [-0.39, 0.29) is 6.04 Å². The van der Waals surface area contributed by atoms with Crippen molar-refractivity contribution in [3.8, 4) is 0 Å². The van der Waals surface area contributed by atoms with Crippen LogP contribution in [0.25, 0.3) is 0 Å². The van der Waals surface area contributed by atoms with E-state index in [9.17, 15) is 8.42 Å². The van der Waals surface area contributed by atoms with Crippen LogP contribution in [0.1, 0.15) is 6.92 Å². The predicted octanol–water partition coefficient (Wildman–Crippen LogP) is 2.55. The number of hydrogen-bond acceptors (Lipinski definition) is 4. The molecule has 20 heavy (non-hydrogen) atoms. The third kappa shape index (κ3) is 3.59. The molecule has 1 N–H and O–H groups in total. The van der Waals surface area contributed by atoms with Gasteiger partial charge in [-0.1, -0.05) is 24.3 Å². The number of nitrogens with zero attached hydrogens (tertiary/aromatic N) is 1. The summed E-state index contributed by atoms with van der Waals surface area (Å²) in [6.07, 6.45) is 0. The van der Waals surface area contributed by atoms with Crippen molar-refractivity contribution in [2.45, 2.75) is 17.2 Å². The summed E-state index contributed by atoms with van der Waals surface area (Å²) in [4.78, 5) is 2.05. The first-order chi connectivity index (χ1) is 9.50. The normalized spacial score (nSPS) is 13.1. The molecule has 0 spiro atoms. The first kappa shape index (κ1) is 15.0. The summed E-state index contributed by atoms with van der Waals surface area (Å²) in [5, 5.41) is 1.76. The molecule has 0 saturated heterocycles. The molecular weight excluding hydrogens is 292 g/mol. The molecule has 0 radical (unpaired) electrons. The first-order valence-corrected chi connectivity index (χ1v) is 8.68. The van der Waals surface area contributed by atoms with Gasteiger partial charge in [-0.2, -0.15) is 0 Å². The number of benzene rings is 1. The lowest BCUT2D eigenvalue weighted by molar-refractivity contribution is 0.572. The van der Waals surface area contributed by atoms with Gasteiger partial charge in [-0.3, -0.25) is 0 Å². The molecular formula is C14H18N2O2S2. The topological polar surface area (TPSA) is 49.4 Å². The van der Waals surface area contributed by atoms with Crippen LogP contribution in [0.4, 0.5) is 5.69 Å². The molecule has 108 valence electrons. The molecule has 6 heteroatoms. The molecule has 0 aliphatic rings. The number of nitrogens with one attached hydrogen (secondary N) is 1. The Morgan fingerprint density at radius 2 is 1.90 bits per heavy atom. The monoisotopic (exact) mass is 310 g/mol. The largest absolute Gasteiger partial charge is 0.371 e. The van der Waals surface area contributed by atoms with Gasteiger partial charge < -0.3 is 4.90 Å². The van der Waals surface area contributed by atoms with E-state index in [0.717, 1.165) is 5.69 Å². The highest BCUT2D eigenvalue weighted by molar-refractivity contribution is 7.91. The highest BCUT2D eigenvalue weighted by atomic mass is 32.2. The molecule has 1 atom stereocenters. The minimum absolute atomic E-state index is 0.0622. The van der Waals surface area contributed by atoms with Gasteiger partial charge in [0.1, 0.15) is 4.21 Å². The van der Waals surface area contributed by atoms with Gasteiger partial charge in [0.15, 0.2) is 0 Å². The van der Waals surface area contributed by atoms with Crippen LogP contribution in [0.5, 0.6) is 0 Å². The van der Waals surface area contributed by atoms with Crippen molar-refractivity contribution in [3.05, 3.63) is 47.8 Å². The summed E-state index contributed by atoms with van der Waals surface area (Å²) < 4.78 is 27.1. The smallest absolute Gasteiger partial charge is 0.250 e. The van der Waals surface area contributed by atoms with E-state index in [1.54, 1.807) is 17.5 Å². The Morgan fingerprint density at radius 3 is 2.50 bits per heavy atom. The third-order valence-corrected chi connectivity index (χ3v) is 5.97. The Kier molecular flexibility index (Phi) is 4.80. The van der Waals surface area contributed by atoms with Crippen molar-refractivity contribution < 1.29 is 8.42 Å². The molecule has 4 nitrogen and oxygen atoms in total. The van der Waals surface area contributed by atoms with Crippen LogP contribution in [-0.2, 0) is 10.0 Å². The van der Waals surface area contributed by atoms with E-state index in [1.807, 2.05) is 44.3 Å². The Morgan fingerprint density at radius 1 is 1.20 bits per heavy atom. The van der Waals surface area contributed by atoms with Gasteiger partial charge in [-0.05, 0) is 30.5 Å². The van der Waals surface area contributed by atoms with E-state index in [4.69, 9.17) is 0 Å². The number of likely N-dealkylation sites (N-methyl/N-ethyl adjacent to an activating group) is 1. The molecule has 1 unspecified atom stereocenters. The Hall–Kier alpha value is -1.37. The molecule has 2 rings (SSSR count). The fourth-order valence-corrected chi connectivity index (χ4v) is 3.93. The van der Waals surface area contributed by atoms with Crippen LogP contribution >= 0.6 is 11.3 Å². The maximum Gasteiger partial charge on any atom is 0.250 e. The summed E-state index contributed by atoms with van der Waals surface area (Å²) in [5.41, 5.74) is 1.07. The number of rotatable bonds is 6. The molecule has 0 fully saturated rings. The van der Waals surface area contributed by atoms with Crippen molar-refractivity contribution in [3.63, 3.8) is 0 Å². The van der Waals surface area contributed by atoms with Gasteiger partial charge >= 0.3 is 0 Å². The van der Waals surface area contributed by atoms with Crippen molar-refractivity contribution >= 4 is 27.0 Å². The fraction of sp³-hybridized carbons (Fsp3) is 0.286. The van der Waals surface area contributed by atoms with Gasteiger partial charge in [0, 0.05) is 25.3 Å². The van der Waals surface area contributed by atoms with E-state index >= 15 is 0 Å². The van der Waals surface area contributed by atoms with Gasteiger partial charge in [0.2, 0.25) is 10.0 Å². The number of para-hydroxylation sites is 1. The van der Waals surface area contributed by atoms with Crippen molar-refractivity contribution in [1.29, 1.82) is 0 Å². The second-order valence-corrected chi connectivity index (χ2v) is 7.52. The molecule has 0 aliphatic heterocycles. The minimum atomic E-state index is -3.39. The van der Waals surface area contributed by atoms with Crippen LogP contribution in [0.2, 0.25) is 0 Å². The van der Waals surface area contributed by atoms with E-state index in [1.165, 1.54) is 11.3 Å². The maximum atomic E-state index is 12.0. The first-order valence-electron chi connectivity index (χ1n) is 6.32. The van der Waals surface area contributed by atoms with Crippen molar-refractivity contribution in [1.82, 2.24) is 4.72 Å². The SMILES string of the molecule is CC(CNS(=O)(=O)c1cccs1)N(C)c1ccccc1. The molecule has 0 saturated carbocycles. The summed E-state index contributed by atoms with van der Waals surface area (Å²) in [7, 11) is -1.43. The summed E-state index contributed by atoms with van der Waals surface area (Å²) >= 11 is 1.22. The van der Waals surface area contributed by atoms with E-state index in [2.05, 4.69) is 9.62 Å². The predicted molar refractivity (Wildman–Crippen MR) is 83.8 cm³/mol. The maximum absolute atomic E-state index is 12.0. The number of anilines is 1. The highest BCUT2D eigenvalue weighted by Gasteiger charge is 2.17. The van der Waals surface area contributed by atoms with Gasteiger partial charge in [-0.25, -0.2) is 13.1 Å². The minimum Gasteiger partial charge on any atom is -0.371 e. The van der Waals surface area contributed by atoms with Crippen LogP contribution < -0.4 is 9.62 Å². The zero-order chi connectivity index (χ0) is 14.6. The molecule has 1 aromatic heterocycles. The lowest BCUT2D eigenvalue weighted by Crippen LogP contribution is -2.40. The summed E-state index contributed by atoms with van der Waals surface area (Å²) in [5.74, 6) is 0. The average molecular weight is 310 g/mol. The molecule has 0 bridgehead atoms. The third-order valence-electron chi connectivity index (χ3n) is 3.15. The molecule has 1 aromatic carbocycles. The molecule has 0 aliphatic carbocycles. The standard InChI is InChI=1S/C14H18N2O2S2/c1-12(16(2)13-7-4-3-5-8-13)11-15-20(17,18)14-9-6-10-19-14/h3-10,12,15H,11H2,1-2H3. The second-order valence-electron chi connectivity index (χ2n) is 4.58. The van der Waals surface area contributed by atoms with E-state index < -0.39 is 10.0 Å². The lowest BCUT2D eigenvalue weighted by atomic mass is 10.2. The molecule has 2 aromatic rings. The lowest BCUT2D eigenvalue weighted by Gasteiger charge is -2.27. The van der Waals surface area contributed by atoms with Crippen LogP contribution in [-0.4, -0.2) is 28.1 Å². The molecule has 0 amide bonds. The highest BCUT2D eigenvalue weighted by Crippen LogP contribution is 2.17.